The van der Waals surface area contributed by atoms with Gasteiger partial charge < -0.3 is 14.8 Å². The SMILES string of the molecule is CC(c1ccc(OCc2cc(F)ccc2F)cc1)c1nc2cc(O)ccc2[nH]1. The molecule has 0 saturated heterocycles. The van der Waals surface area contributed by atoms with Gasteiger partial charge in [0, 0.05) is 17.5 Å². The third-order valence-electron chi connectivity index (χ3n) is 4.68. The van der Waals surface area contributed by atoms with E-state index in [4.69, 9.17) is 4.74 Å². The smallest absolute Gasteiger partial charge is 0.130 e. The Morgan fingerprint density at radius 3 is 2.61 bits per heavy atom. The molecule has 0 amide bonds. The highest BCUT2D eigenvalue weighted by Crippen LogP contribution is 2.27. The second-order valence-corrected chi connectivity index (χ2v) is 6.64. The maximum atomic E-state index is 13.7. The Balaban J connectivity index is 1.48. The molecule has 0 radical (unpaired) electrons. The maximum absolute atomic E-state index is 13.7. The molecular weight excluding hydrogens is 362 g/mol. The van der Waals surface area contributed by atoms with Gasteiger partial charge in [-0.3, -0.25) is 0 Å². The molecule has 0 fully saturated rings. The van der Waals surface area contributed by atoms with Crippen LogP contribution in [0.4, 0.5) is 8.78 Å². The van der Waals surface area contributed by atoms with Crippen LogP contribution in [-0.2, 0) is 6.61 Å². The first-order chi connectivity index (χ1) is 13.5. The number of benzene rings is 3. The molecule has 0 aliphatic rings. The van der Waals surface area contributed by atoms with Crippen LogP contribution in [0, 0.1) is 11.6 Å². The Labute approximate surface area is 160 Å². The molecule has 0 aliphatic carbocycles. The van der Waals surface area contributed by atoms with Crippen LogP contribution in [0.15, 0.2) is 60.7 Å². The number of fused-ring (bicyclic) bond motifs is 1. The predicted octanol–water partition coefficient (Wildman–Crippen LogP) is 5.28. The molecule has 28 heavy (non-hydrogen) atoms. The zero-order chi connectivity index (χ0) is 19.7. The highest BCUT2D eigenvalue weighted by atomic mass is 19.1. The first kappa shape index (κ1) is 18.0. The van der Waals surface area contributed by atoms with Crippen LogP contribution < -0.4 is 4.74 Å². The summed E-state index contributed by atoms with van der Waals surface area (Å²) in [7, 11) is 0. The third-order valence-corrected chi connectivity index (χ3v) is 4.68. The number of imidazole rings is 1. The van der Waals surface area contributed by atoms with Gasteiger partial charge in [0.2, 0.25) is 0 Å². The maximum Gasteiger partial charge on any atom is 0.130 e. The van der Waals surface area contributed by atoms with Crippen LogP contribution in [0.5, 0.6) is 11.5 Å². The summed E-state index contributed by atoms with van der Waals surface area (Å²) in [5, 5.41) is 9.58. The van der Waals surface area contributed by atoms with Gasteiger partial charge in [0.1, 0.15) is 35.6 Å². The Bertz CT molecular complexity index is 1120. The van der Waals surface area contributed by atoms with Crippen molar-refractivity contribution >= 4 is 11.0 Å². The first-order valence-electron chi connectivity index (χ1n) is 8.85. The van der Waals surface area contributed by atoms with Crippen molar-refractivity contribution in [1.82, 2.24) is 9.97 Å². The molecule has 2 N–H and O–H groups in total. The molecule has 1 aromatic heterocycles. The van der Waals surface area contributed by atoms with Gasteiger partial charge in [-0.1, -0.05) is 19.1 Å². The topological polar surface area (TPSA) is 58.1 Å². The van der Waals surface area contributed by atoms with Crippen LogP contribution in [0.1, 0.15) is 29.8 Å². The van der Waals surface area contributed by atoms with Crippen LogP contribution in [0.3, 0.4) is 0 Å². The van der Waals surface area contributed by atoms with Gasteiger partial charge >= 0.3 is 0 Å². The van der Waals surface area contributed by atoms with Crippen LogP contribution in [0.2, 0.25) is 0 Å². The van der Waals surface area contributed by atoms with E-state index in [0.29, 0.717) is 11.3 Å². The van der Waals surface area contributed by atoms with Crippen molar-refractivity contribution in [3.05, 3.63) is 89.2 Å². The molecule has 0 aliphatic heterocycles. The summed E-state index contributed by atoms with van der Waals surface area (Å²) in [4.78, 5) is 7.81. The summed E-state index contributed by atoms with van der Waals surface area (Å²) in [6.07, 6.45) is 0. The number of H-pyrrole nitrogens is 1. The lowest BCUT2D eigenvalue weighted by Crippen LogP contribution is -2.01. The summed E-state index contributed by atoms with van der Waals surface area (Å²) in [5.41, 5.74) is 2.76. The highest BCUT2D eigenvalue weighted by molar-refractivity contribution is 5.76. The fraction of sp³-hybridized carbons (Fsp3) is 0.136. The minimum atomic E-state index is -0.498. The van der Waals surface area contributed by atoms with Crippen molar-refractivity contribution in [2.24, 2.45) is 0 Å². The average molecular weight is 380 g/mol. The lowest BCUT2D eigenvalue weighted by atomic mass is 10.0. The fourth-order valence-corrected chi connectivity index (χ4v) is 3.04. The molecule has 1 atom stereocenters. The van der Waals surface area contributed by atoms with E-state index in [1.165, 1.54) is 0 Å². The molecule has 4 aromatic rings. The zero-order valence-corrected chi connectivity index (χ0v) is 15.1. The van der Waals surface area contributed by atoms with E-state index in [1.807, 2.05) is 19.1 Å². The molecule has 6 heteroatoms. The second-order valence-electron chi connectivity index (χ2n) is 6.64. The number of aromatic nitrogens is 2. The molecular formula is C22H18F2N2O2. The number of ether oxygens (including phenoxy) is 1. The van der Waals surface area contributed by atoms with E-state index in [2.05, 4.69) is 9.97 Å². The van der Waals surface area contributed by atoms with Gasteiger partial charge in [-0.05, 0) is 48.0 Å². The molecule has 0 saturated carbocycles. The molecule has 3 aromatic carbocycles. The number of phenolic OH excluding ortho intramolecular Hbond substituents is 1. The molecule has 0 bridgehead atoms. The summed E-state index contributed by atoms with van der Waals surface area (Å²) < 4.78 is 32.5. The normalized spacial score (nSPS) is 12.2. The Kier molecular flexibility index (Phi) is 4.69. The molecule has 1 heterocycles. The Hall–Kier alpha value is -3.41. The number of hydrogen-bond donors (Lipinski definition) is 2. The van der Waals surface area contributed by atoms with Crippen molar-refractivity contribution in [3.8, 4) is 11.5 Å². The number of aromatic hydroxyl groups is 1. The van der Waals surface area contributed by atoms with Crippen molar-refractivity contribution in [2.75, 3.05) is 0 Å². The summed E-state index contributed by atoms with van der Waals surface area (Å²) in [6, 6.07) is 15.7. The van der Waals surface area contributed by atoms with E-state index in [1.54, 1.807) is 30.3 Å². The van der Waals surface area contributed by atoms with Crippen molar-refractivity contribution in [2.45, 2.75) is 19.4 Å². The van der Waals surface area contributed by atoms with Gasteiger partial charge in [0.25, 0.3) is 0 Å². The van der Waals surface area contributed by atoms with E-state index in [-0.39, 0.29) is 23.8 Å². The zero-order valence-electron chi connectivity index (χ0n) is 15.1. The van der Waals surface area contributed by atoms with E-state index < -0.39 is 11.6 Å². The van der Waals surface area contributed by atoms with Gasteiger partial charge in [0.15, 0.2) is 0 Å². The Morgan fingerprint density at radius 2 is 1.82 bits per heavy atom. The number of nitrogens with zero attached hydrogens (tertiary/aromatic N) is 1. The van der Waals surface area contributed by atoms with Gasteiger partial charge in [-0.25, -0.2) is 13.8 Å². The molecule has 0 spiro atoms. The minimum absolute atomic E-state index is 0.00394. The molecule has 142 valence electrons. The number of hydrogen-bond acceptors (Lipinski definition) is 3. The summed E-state index contributed by atoms with van der Waals surface area (Å²) >= 11 is 0. The van der Waals surface area contributed by atoms with Crippen LogP contribution >= 0.6 is 0 Å². The Morgan fingerprint density at radius 1 is 1.04 bits per heavy atom. The average Bonchev–Trinajstić information content (AvgIpc) is 3.11. The van der Waals surface area contributed by atoms with Gasteiger partial charge in [-0.15, -0.1) is 0 Å². The van der Waals surface area contributed by atoms with E-state index in [0.717, 1.165) is 35.1 Å². The van der Waals surface area contributed by atoms with E-state index in [9.17, 15) is 13.9 Å². The summed E-state index contributed by atoms with van der Waals surface area (Å²) in [6.45, 7) is 1.97. The number of rotatable bonds is 5. The summed E-state index contributed by atoms with van der Waals surface area (Å²) in [5.74, 6) is 0.537. The number of aromatic amines is 1. The largest absolute Gasteiger partial charge is 0.508 e. The quantitative estimate of drug-likeness (QED) is 0.495. The third kappa shape index (κ3) is 3.67. The number of halogens is 2. The van der Waals surface area contributed by atoms with Crippen molar-refractivity contribution in [3.63, 3.8) is 0 Å². The van der Waals surface area contributed by atoms with Crippen molar-refractivity contribution in [1.29, 1.82) is 0 Å². The van der Waals surface area contributed by atoms with Crippen LogP contribution in [-0.4, -0.2) is 15.1 Å². The second kappa shape index (κ2) is 7.31. The number of nitrogens with one attached hydrogen (secondary N) is 1. The van der Waals surface area contributed by atoms with Crippen molar-refractivity contribution < 1.29 is 18.6 Å². The molecule has 4 rings (SSSR count). The lowest BCUT2D eigenvalue weighted by molar-refractivity contribution is 0.299. The lowest BCUT2D eigenvalue weighted by Gasteiger charge is -2.11. The van der Waals surface area contributed by atoms with E-state index >= 15 is 0 Å². The van der Waals surface area contributed by atoms with Gasteiger partial charge in [-0.2, -0.15) is 0 Å². The minimum Gasteiger partial charge on any atom is -0.508 e. The molecule has 1 unspecified atom stereocenters. The van der Waals surface area contributed by atoms with Crippen LogP contribution in [0.25, 0.3) is 11.0 Å². The highest BCUT2D eigenvalue weighted by Gasteiger charge is 2.14. The van der Waals surface area contributed by atoms with Gasteiger partial charge in [0.05, 0.1) is 11.0 Å². The molecule has 4 nitrogen and oxygen atoms in total. The first-order valence-corrected chi connectivity index (χ1v) is 8.85. The standard InChI is InChI=1S/C22H18F2N2O2/c1-13(22-25-20-9-5-17(27)11-21(20)26-22)14-2-6-18(7-3-14)28-12-15-10-16(23)4-8-19(15)24/h2-11,13,27H,12H2,1H3,(H,25,26). The number of phenols is 1. The monoisotopic (exact) mass is 380 g/mol. The predicted molar refractivity (Wildman–Crippen MR) is 102 cm³/mol. The fourth-order valence-electron chi connectivity index (χ4n) is 3.04.